The van der Waals surface area contributed by atoms with Crippen LogP contribution < -0.4 is 10.2 Å². The van der Waals surface area contributed by atoms with Crippen LogP contribution in [0.1, 0.15) is 55.0 Å². The molecule has 2 fully saturated rings. The van der Waals surface area contributed by atoms with Gasteiger partial charge in [-0.15, -0.1) is 0 Å². The second-order valence-electron chi connectivity index (χ2n) is 12.0. The third-order valence-corrected chi connectivity index (χ3v) is 9.27. The molecule has 0 spiro atoms. The van der Waals surface area contributed by atoms with Gasteiger partial charge in [0.25, 0.3) is 0 Å². The minimum atomic E-state index is -1.40. The maximum Gasteiger partial charge on any atom is 0.249 e. The topological polar surface area (TPSA) is 87.2 Å². The van der Waals surface area contributed by atoms with E-state index in [0.717, 1.165) is 24.7 Å². The Balaban J connectivity index is 1.27. The molecule has 3 aromatic rings. The number of nitrogens with zero attached hydrogens (tertiary/aromatic N) is 3. The number of ether oxygens (including phenoxy) is 2. The number of likely N-dealkylation sites (tertiary alicyclic amines) is 1. The van der Waals surface area contributed by atoms with Gasteiger partial charge in [-0.1, -0.05) is 0 Å². The minimum absolute atomic E-state index is 0.0123. The maximum atomic E-state index is 16.5. The van der Waals surface area contributed by atoms with Crippen LogP contribution >= 0.6 is 0 Å². The number of amides is 1. The van der Waals surface area contributed by atoms with Crippen LogP contribution in [0.2, 0.25) is 0 Å². The Labute approximate surface area is 260 Å². The van der Waals surface area contributed by atoms with E-state index in [1.54, 1.807) is 31.5 Å². The number of nitrogens with one attached hydrogen (secondary N) is 1. The maximum absolute atomic E-state index is 16.5. The van der Waals surface area contributed by atoms with E-state index in [-0.39, 0.29) is 24.8 Å². The molecule has 3 heterocycles. The van der Waals surface area contributed by atoms with Gasteiger partial charge in [-0.3, -0.25) is 19.9 Å². The van der Waals surface area contributed by atoms with Gasteiger partial charge in [-0.05, 0) is 93.6 Å². The predicted octanol–water partition coefficient (Wildman–Crippen LogP) is 5.50. The molecule has 5 rings (SSSR count). The van der Waals surface area contributed by atoms with E-state index in [2.05, 4.69) is 14.8 Å². The first-order valence-electron chi connectivity index (χ1n) is 15.4. The summed E-state index contributed by atoms with van der Waals surface area (Å²) in [6.45, 7) is 4.74. The second-order valence-corrected chi connectivity index (χ2v) is 12.0. The fourth-order valence-electron chi connectivity index (χ4n) is 6.60. The van der Waals surface area contributed by atoms with Crippen molar-refractivity contribution in [1.29, 1.82) is 0 Å². The molecule has 12 heteroatoms. The number of morpholine rings is 1. The van der Waals surface area contributed by atoms with Gasteiger partial charge < -0.3 is 14.4 Å². The molecule has 1 aromatic heterocycles. The van der Waals surface area contributed by atoms with Crippen LogP contribution in [-0.4, -0.2) is 78.9 Å². The highest BCUT2D eigenvalue weighted by molar-refractivity contribution is 5.85. The van der Waals surface area contributed by atoms with Gasteiger partial charge in [-0.2, -0.15) is 0 Å². The van der Waals surface area contributed by atoms with Crippen LogP contribution in [-0.2, 0) is 22.5 Å². The van der Waals surface area contributed by atoms with Gasteiger partial charge in [0.15, 0.2) is 11.6 Å². The van der Waals surface area contributed by atoms with Gasteiger partial charge in [0, 0.05) is 42.8 Å². The fourth-order valence-corrected chi connectivity index (χ4v) is 6.60. The number of pyridine rings is 1. The Morgan fingerprint density at radius 3 is 2.56 bits per heavy atom. The number of alkyl halides is 1. The van der Waals surface area contributed by atoms with Crippen LogP contribution in [0.3, 0.4) is 0 Å². The molecule has 0 radical (unpaired) electrons. The Kier molecular flexibility index (Phi) is 10.9. The second kappa shape index (κ2) is 14.8. The molecule has 2 saturated heterocycles. The molecule has 2 N–H and O–H groups in total. The van der Waals surface area contributed by atoms with Crippen molar-refractivity contribution in [2.75, 3.05) is 53.0 Å². The lowest BCUT2D eigenvalue weighted by Gasteiger charge is -2.40. The van der Waals surface area contributed by atoms with E-state index in [4.69, 9.17) is 9.47 Å². The van der Waals surface area contributed by atoms with Gasteiger partial charge >= 0.3 is 0 Å². The smallest absolute Gasteiger partial charge is 0.249 e. The highest BCUT2D eigenvalue weighted by atomic mass is 19.2. The van der Waals surface area contributed by atoms with Crippen LogP contribution in [0, 0.1) is 22.9 Å². The largest absolute Gasteiger partial charge is 0.497 e. The van der Waals surface area contributed by atoms with Crippen molar-refractivity contribution in [3.8, 4) is 5.75 Å². The van der Waals surface area contributed by atoms with Crippen LogP contribution in [0.15, 0.2) is 36.5 Å². The number of rotatable bonds is 12. The molecule has 1 atom stereocenters. The van der Waals surface area contributed by atoms with Gasteiger partial charge in [0.2, 0.25) is 5.91 Å². The lowest BCUT2D eigenvalue weighted by molar-refractivity contribution is -0.143. The van der Waals surface area contributed by atoms with E-state index in [0.29, 0.717) is 86.9 Å². The van der Waals surface area contributed by atoms with E-state index < -0.39 is 34.9 Å². The zero-order valence-corrected chi connectivity index (χ0v) is 25.5. The number of benzene rings is 2. The molecule has 45 heavy (non-hydrogen) atoms. The summed E-state index contributed by atoms with van der Waals surface area (Å²) in [6, 6.07) is 6.92. The molecule has 1 amide bonds. The zero-order valence-electron chi connectivity index (χ0n) is 25.5. The van der Waals surface area contributed by atoms with Crippen molar-refractivity contribution >= 4 is 16.8 Å². The van der Waals surface area contributed by atoms with Crippen molar-refractivity contribution in [3.05, 3.63) is 70.7 Å². The molecule has 0 saturated carbocycles. The third-order valence-electron chi connectivity index (χ3n) is 9.27. The number of fused-ring (bicyclic) bond motifs is 1. The normalized spacial score (nSPS) is 18.2. The molecule has 244 valence electrons. The predicted molar refractivity (Wildman–Crippen MR) is 160 cm³/mol. The Bertz CT molecular complexity index is 1480. The first-order valence-corrected chi connectivity index (χ1v) is 15.4. The average Bonchev–Trinajstić information content (AvgIpc) is 3.06. The molecule has 8 nitrogen and oxygen atoms in total. The highest BCUT2D eigenvalue weighted by Crippen LogP contribution is 2.42. The highest BCUT2D eigenvalue weighted by Gasteiger charge is 2.41. The Morgan fingerprint density at radius 1 is 1.09 bits per heavy atom. The number of carbonyl (C=O) groups excluding carboxylic acids is 1. The Morgan fingerprint density at radius 2 is 1.84 bits per heavy atom. The quantitative estimate of drug-likeness (QED) is 0.118. The SMILES string of the molecule is COc1ccc2ncc(CN3CCOCC3)c(C(F)CCC3(C(=O)NO)CCN(CCCc4cc(F)cc(F)c4F)CC3)c2c1. The van der Waals surface area contributed by atoms with Crippen molar-refractivity contribution in [1.82, 2.24) is 20.3 Å². The lowest BCUT2D eigenvalue weighted by atomic mass is 9.73. The molecule has 0 bridgehead atoms. The van der Waals surface area contributed by atoms with E-state index in [9.17, 15) is 23.2 Å². The average molecular weight is 633 g/mol. The van der Waals surface area contributed by atoms with Crippen LogP contribution in [0.25, 0.3) is 10.9 Å². The summed E-state index contributed by atoms with van der Waals surface area (Å²) in [5.74, 6) is -3.01. The molecule has 2 aliphatic heterocycles. The van der Waals surface area contributed by atoms with Crippen LogP contribution in [0.5, 0.6) is 5.75 Å². The molecular weight excluding hydrogens is 592 g/mol. The number of piperidine rings is 1. The summed E-state index contributed by atoms with van der Waals surface area (Å²) in [4.78, 5) is 21.9. The van der Waals surface area contributed by atoms with E-state index in [1.165, 1.54) is 0 Å². The summed E-state index contributed by atoms with van der Waals surface area (Å²) in [5, 5.41) is 10.3. The summed E-state index contributed by atoms with van der Waals surface area (Å²) in [5.41, 5.74) is 2.78. The molecule has 1 unspecified atom stereocenters. The lowest BCUT2D eigenvalue weighted by Crippen LogP contribution is -2.48. The fraction of sp³-hybridized carbons (Fsp3) is 0.515. The number of hydrogen-bond donors (Lipinski definition) is 2. The number of aromatic nitrogens is 1. The third kappa shape index (κ3) is 7.74. The number of halogens is 4. The minimum Gasteiger partial charge on any atom is -0.497 e. The Hall–Kier alpha value is -3.32. The number of hydroxylamine groups is 1. The van der Waals surface area contributed by atoms with Crippen molar-refractivity contribution < 1.29 is 37.0 Å². The van der Waals surface area contributed by atoms with Gasteiger partial charge in [-0.25, -0.2) is 23.0 Å². The van der Waals surface area contributed by atoms with Gasteiger partial charge in [0.1, 0.15) is 17.7 Å². The van der Waals surface area contributed by atoms with Crippen molar-refractivity contribution in [2.45, 2.75) is 51.2 Å². The van der Waals surface area contributed by atoms with E-state index in [1.807, 2.05) is 5.48 Å². The summed E-state index contributed by atoms with van der Waals surface area (Å²) in [7, 11) is 1.56. The van der Waals surface area contributed by atoms with Crippen molar-refractivity contribution in [3.63, 3.8) is 0 Å². The monoisotopic (exact) mass is 632 g/mol. The van der Waals surface area contributed by atoms with Gasteiger partial charge in [0.05, 0.1) is 31.3 Å². The van der Waals surface area contributed by atoms with Crippen molar-refractivity contribution in [2.24, 2.45) is 5.41 Å². The molecule has 0 aliphatic carbocycles. The molecule has 2 aromatic carbocycles. The molecule has 2 aliphatic rings. The first kappa shape index (κ1) is 33.1. The number of methoxy groups -OCH3 is 1. The number of hydrogen-bond acceptors (Lipinski definition) is 7. The number of carbonyl (C=O) groups is 1. The first-order chi connectivity index (χ1) is 21.7. The molecular formula is C33H40F4N4O4. The summed E-state index contributed by atoms with van der Waals surface area (Å²) in [6.07, 6.45) is 2.02. The summed E-state index contributed by atoms with van der Waals surface area (Å²) >= 11 is 0. The van der Waals surface area contributed by atoms with E-state index >= 15 is 4.39 Å². The standard InChI is InChI=1S/C33H40F4N4O4/c1-44-25-4-5-29-26(19-25)30(23(20-38-29)21-41-13-15-45-16-14-41)27(35)6-7-33(32(42)39-43)8-11-40(12-9-33)10-2-3-22-17-24(34)18-28(36)31(22)37/h4-5,17-20,27,43H,2-3,6-16,21H2,1H3,(H,39,42). The van der Waals surface area contributed by atoms with Crippen LogP contribution in [0.4, 0.5) is 17.6 Å². The summed E-state index contributed by atoms with van der Waals surface area (Å²) < 4.78 is 68.6. The number of aryl methyl sites for hydroxylation is 1. The zero-order chi connectivity index (χ0) is 32.0.